The van der Waals surface area contributed by atoms with Crippen LogP contribution in [0.5, 0.6) is 17.2 Å². The van der Waals surface area contributed by atoms with Gasteiger partial charge in [0.2, 0.25) is 0 Å². The number of methoxy groups -OCH3 is 3. The molecule has 0 amide bonds. The normalized spacial score (nSPS) is 11.4. The van der Waals surface area contributed by atoms with Crippen molar-refractivity contribution in [1.82, 2.24) is 4.83 Å². The summed E-state index contributed by atoms with van der Waals surface area (Å²) in [6.45, 7) is 0. The molecule has 0 aliphatic rings. The first kappa shape index (κ1) is 20.2. The molecule has 0 heterocycles. The van der Waals surface area contributed by atoms with Crippen molar-refractivity contribution in [2.75, 3.05) is 21.3 Å². The molecule has 1 N–H and O–H groups in total. The van der Waals surface area contributed by atoms with E-state index in [1.807, 2.05) is 0 Å². The number of hydrogen-bond donors (Lipinski definition) is 1. The van der Waals surface area contributed by atoms with Crippen LogP contribution < -0.4 is 19.0 Å². The molecule has 0 bridgehead atoms. The van der Waals surface area contributed by atoms with E-state index in [2.05, 4.69) is 9.93 Å². The third-order valence-electron chi connectivity index (χ3n) is 3.31. The van der Waals surface area contributed by atoms with Crippen LogP contribution in [0.2, 0.25) is 10.0 Å². The van der Waals surface area contributed by atoms with Crippen molar-refractivity contribution in [2.24, 2.45) is 5.10 Å². The minimum atomic E-state index is -3.91. The molecule has 0 fully saturated rings. The van der Waals surface area contributed by atoms with Gasteiger partial charge in [-0.2, -0.15) is 13.5 Å². The topological polar surface area (TPSA) is 86.2 Å². The second-order valence-electron chi connectivity index (χ2n) is 4.88. The Labute approximate surface area is 161 Å². The van der Waals surface area contributed by atoms with E-state index in [1.54, 1.807) is 12.1 Å². The summed E-state index contributed by atoms with van der Waals surface area (Å²) in [4.78, 5) is 2.03. The first-order valence-corrected chi connectivity index (χ1v) is 9.36. The number of rotatable bonds is 7. The number of halogens is 2. The molecule has 0 radical (unpaired) electrons. The fourth-order valence-corrected chi connectivity index (χ4v) is 3.20. The maximum Gasteiger partial charge on any atom is 0.276 e. The van der Waals surface area contributed by atoms with Crippen LogP contribution in [0, 0.1) is 0 Å². The van der Waals surface area contributed by atoms with E-state index in [-0.39, 0.29) is 14.9 Å². The van der Waals surface area contributed by atoms with Gasteiger partial charge in [-0.25, -0.2) is 4.83 Å². The van der Waals surface area contributed by atoms with E-state index < -0.39 is 10.0 Å². The Morgan fingerprint density at radius 1 is 0.923 bits per heavy atom. The van der Waals surface area contributed by atoms with Gasteiger partial charge in [0.05, 0.1) is 42.5 Å². The average Bonchev–Trinajstić information content (AvgIpc) is 2.63. The van der Waals surface area contributed by atoms with E-state index in [9.17, 15) is 8.42 Å². The Kier molecular flexibility index (Phi) is 6.57. The van der Waals surface area contributed by atoms with Crippen molar-refractivity contribution < 1.29 is 22.6 Å². The van der Waals surface area contributed by atoms with Crippen LogP contribution in [0.4, 0.5) is 0 Å². The van der Waals surface area contributed by atoms with Crippen molar-refractivity contribution in [3.8, 4) is 17.2 Å². The smallest absolute Gasteiger partial charge is 0.276 e. The third kappa shape index (κ3) is 4.51. The summed E-state index contributed by atoms with van der Waals surface area (Å²) < 4.78 is 40.2. The molecular weight excluding hydrogens is 403 g/mol. The standard InChI is InChI=1S/C16H16Cl2N2O5S/c1-23-14-8-16(25-3)15(24-2)6-10(14)9-19-20-26(21,22)11-4-5-12(17)13(18)7-11/h4-9,20H,1-3H3/b19-9+. The van der Waals surface area contributed by atoms with E-state index in [0.29, 0.717) is 22.8 Å². The number of hydrogen-bond acceptors (Lipinski definition) is 6. The zero-order chi connectivity index (χ0) is 19.3. The van der Waals surface area contributed by atoms with Gasteiger partial charge in [-0.3, -0.25) is 0 Å². The molecule has 0 saturated carbocycles. The Bertz CT molecular complexity index is 932. The number of nitrogens with one attached hydrogen (secondary N) is 1. The summed E-state index contributed by atoms with van der Waals surface area (Å²) in [5.74, 6) is 1.35. The molecule has 2 aromatic rings. The van der Waals surface area contributed by atoms with E-state index in [1.165, 1.54) is 45.7 Å². The largest absolute Gasteiger partial charge is 0.496 e. The van der Waals surface area contributed by atoms with Crippen molar-refractivity contribution >= 4 is 39.4 Å². The molecule has 140 valence electrons. The van der Waals surface area contributed by atoms with Gasteiger partial charge in [0.15, 0.2) is 11.5 Å². The monoisotopic (exact) mass is 418 g/mol. The Morgan fingerprint density at radius 2 is 1.54 bits per heavy atom. The number of hydrazone groups is 1. The lowest BCUT2D eigenvalue weighted by molar-refractivity contribution is 0.349. The fourth-order valence-electron chi connectivity index (χ4n) is 2.02. The summed E-state index contributed by atoms with van der Waals surface area (Å²) in [5, 5.41) is 4.14. The summed E-state index contributed by atoms with van der Waals surface area (Å²) in [5.41, 5.74) is 0.488. The predicted octanol–water partition coefficient (Wildman–Crippen LogP) is 3.33. The van der Waals surface area contributed by atoms with E-state index >= 15 is 0 Å². The molecule has 0 aromatic heterocycles. The molecule has 0 unspecified atom stereocenters. The van der Waals surface area contributed by atoms with Crippen LogP contribution in [0.3, 0.4) is 0 Å². The Balaban J connectivity index is 2.28. The lowest BCUT2D eigenvalue weighted by atomic mass is 10.2. The molecule has 0 aliphatic carbocycles. The Morgan fingerprint density at radius 3 is 2.12 bits per heavy atom. The number of nitrogens with zero attached hydrogens (tertiary/aromatic N) is 1. The molecule has 0 spiro atoms. The lowest BCUT2D eigenvalue weighted by Crippen LogP contribution is -2.18. The summed E-state index contributed by atoms with van der Waals surface area (Å²) in [7, 11) is 0.546. The Hall–Kier alpha value is -2.16. The first-order valence-electron chi connectivity index (χ1n) is 7.12. The average molecular weight is 419 g/mol. The van der Waals surface area contributed by atoms with Crippen molar-refractivity contribution in [3.05, 3.63) is 45.9 Å². The minimum absolute atomic E-state index is 0.0664. The van der Waals surface area contributed by atoms with Crippen LogP contribution in [0.15, 0.2) is 40.3 Å². The van der Waals surface area contributed by atoms with Gasteiger partial charge in [-0.15, -0.1) is 0 Å². The van der Waals surface area contributed by atoms with Crippen LogP contribution in [0.25, 0.3) is 0 Å². The van der Waals surface area contributed by atoms with E-state index in [0.717, 1.165) is 0 Å². The highest BCUT2D eigenvalue weighted by atomic mass is 35.5. The molecule has 0 atom stereocenters. The second kappa shape index (κ2) is 8.48. The number of benzene rings is 2. The van der Waals surface area contributed by atoms with Crippen molar-refractivity contribution in [3.63, 3.8) is 0 Å². The highest BCUT2D eigenvalue weighted by Crippen LogP contribution is 2.33. The predicted molar refractivity (Wildman–Crippen MR) is 100 cm³/mol. The van der Waals surface area contributed by atoms with Crippen LogP contribution in [-0.2, 0) is 10.0 Å². The number of ether oxygens (including phenoxy) is 3. The van der Waals surface area contributed by atoms with Gasteiger partial charge in [0.25, 0.3) is 10.0 Å². The van der Waals surface area contributed by atoms with Gasteiger partial charge in [-0.1, -0.05) is 23.2 Å². The molecule has 10 heteroatoms. The highest BCUT2D eigenvalue weighted by Gasteiger charge is 2.15. The first-order chi connectivity index (χ1) is 12.3. The molecular formula is C16H16Cl2N2O5S. The lowest BCUT2D eigenvalue weighted by Gasteiger charge is -2.11. The molecule has 7 nitrogen and oxygen atoms in total. The van der Waals surface area contributed by atoms with Crippen molar-refractivity contribution in [2.45, 2.75) is 4.90 Å². The minimum Gasteiger partial charge on any atom is -0.496 e. The van der Waals surface area contributed by atoms with Gasteiger partial charge in [-0.05, 0) is 24.3 Å². The van der Waals surface area contributed by atoms with Crippen LogP contribution in [-0.4, -0.2) is 36.0 Å². The maximum atomic E-state index is 12.3. The number of sulfonamides is 1. The van der Waals surface area contributed by atoms with Gasteiger partial charge < -0.3 is 14.2 Å². The maximum absolute atomic E-state index is 12.3. The van der Waals surface area contributed by atoms with E-state index in [4.69, 9.17) is 37.4 Å². The fraction of sp³-hybridized carbons (Fsp3) is 0.188. The summed E-state index contributed by atoms with van der Waals surface area (Å²) >= 11 is 11.6. The van der Waals surface area contributed by atoms with Crippen LogP contribution in [0.1, 0.15) is 5.56 Å². The third-order valence-corrected chi connectivity index (χ3v) is 5.27. The quantitative estimate of drug-likeness (QED) is 0.550. The molecule has 0 aliphatic heterocycles. The van der Waals surface area contributed by atoms with Gasteiger partial charge in [0, 0.05) is 11.6 Å². The van der Waals surface area contributed by atoms with Gasteiger partial charge in [0.1, 0.15) is 5.75 Å². The molecule has 2 rings (SSSR count). The zero-order valence-corrected chi connectivity index (χ0v) is 16.4. The van der Waals surface area contributed by atoms with Gasteiger partial charge >= 0.3 is 0 Å². The zero-order valence-electron chi connectivity index (χ0n) is 14.1. The second-order valence-corrected chi connectivity index (χ2v) is 7.35. The SMILES string of the molecule is COc1cc(OC)c(OC)cc1/C=N/NS(=O)(=O)c1ccc(Cl)c(Cl)c1. The van der Waals surface area contributed by atoms with Crippen molar-refractivity contribution in [1.29, 1.82) is 0 Å². The summed E-state index contributed by atoms with van der Waals surface area (Å²) in [6, 6.07) is 7.16. The molecule has 0 saturated heterocycles. The van der Waals surface area contributed by atoms with Crippen LogP contribution >= 0.6 is 23.2 Å². The highest BCUT2D eigenvalue weighted by molar-refractivity contribution is 7.89. The molecule has 26 heavy (non-hydrogen) atoms. The summed E-state index contributed by atoms with van der Waals surface area (Å²) in [6.07, 6.45) is 1.29. The molecule has 2 aromatic carbocycles.